The summed E-state index contributed by atoms with van der Waals surface area (Å²) >= 11 is 1.70. The van der Waals surface area contributed by atoms with Gasteiger partial charge in [-0.15, -0.1) is 11.3 Å². The van der Waals surface area contributed by atoms with Crippen molar-refractivity contribution in [2.75, 3.05) is 31.1 Å². The first-order valence-corrected chi connectivity index (χ1v) is 11.1. The molecule has 2 aliphatic rings. The number of hydrogen-bond donors (Lipinski definition) is 2. The van der Waals surface area contributed by atoms with E-state index in [-0.39, 0.29) is 5.78 Å². The average Bonchev–Trinajstić information content (AvgIpc) is 3.43. The van der Waals surface area contributed by atoms with Gasteiger partial charge in [0.25, 0.3) is 0 Å². The summed E-state index contributed by atoms with van der Waals surface area (Å²) in [6.45, 7) is 8.99. The molecule has 2 N–H and O–H groups in total. The maximum Gasteiger partial charge on any atom is 0.186 e. The zero-order valence-electron chi connectivity index (χ0n) is 16.9. The Kier molecular flexibility index (Phi) is 4.75. The molecule has 7 nitrogen and oxygen atoms in total. The first kappa shape index (κ1) is 18.6. The number of ketones is 1. The smallest absolute Gasteiger partial charge is 0.186 e. The van der Waals surface area contributed by atoms with E-state index in [2.05, 4.69) is 37.3 Å². The van der Waals surface area contributed by atoms with Crippen LogP contribution in [0, 0.1) is 13.8 Å². The van der Waals surface area contributed by atoms with Crippen molar-refractivity contribution in [3.8, 4) is 11.4 Å². The number of nitrogens with one attached hydrogen (secondary N) is 2. The van der Waals surface area contributed by atoms with Gasteiger partial charge in [0, 0.05) is 55.8 Å². The molecule has 1 aliphatic carbocycles. The van der Waals surface area contributed by atoms with Gasteiger partial charge < -0.3 is 9.88 Å². The van der Waals surface area contributed by atoms with Gasteiger partial charge in [-0.3, -0.25) is 14.8 Å². The van der Waals surface area contributed by atoms with Crippen LogP contribution in [-0.4, -0.2) is 57.0 Å². The lowest BCUT2D eigenvalue weighted by Gasteiger charge is -2.34. The second kappa shape index (κ2) is 7.42. The van der Waals surface area contributed by atoms with Crippen molar-refractivity contribution in [3.63, 3.8) is 0 Å². The topological polar surface area (TPSA) is 80.9 Å². The molecule has 5 rings (SSSR count). The Balaban J connectivity index is 1.29. The van der Waals surface area contributed by atoms with Crippen molar-refractivity contribution in [1.29, 1.82) is 0 Å². The van der Waals surface area contributed by atoms with E-state index >= 15 is 0 Å². The third kappa shape index (κ3) is 3.40. The van der Waals surface area contributed by atoms with Crippen LogP contribution in [0.3, 0.4) is 0 Å². The second-order valence-corrected chi connectivity index (χ2v) is 8.90. The quantitative estimate of drug-likeness (QED) is 0.690. The zero-order chi connectivity index (χ0) is 20.0. The van der Waals surface area contributed by atoms with Gasteiger partial charge in [0.2, 0.25) is 0 Å². The van der Waals surface area contributed by atoms with E-state index in [4.69, 9.17) is 4.98 Å². The Morgan fingerprint density at radius 3 is 2.76 bits per heavy atom. The minimum Gasteiger partial charge on any atom is -0.356 e. The van der Waals surface area contributed by atoms with Crippen LogP contribution in [0.25, 0.3) is 11.4 Å². The predicted octanol–water partition coefficient (Wildman–Crippen LogP) is 3.32. The number of thiazole rings is 1. The fourth-order valence-corrected chi connectivity index (χ4v) is 5.32. The molecule has 3 aromatic heterocycles. The van der Waals surface area contributed by atoms with E-state index in [0.717, 1.165) is 78.9 Å². The van der Waals surface area contributed by atoms with E-state index in [1.54, 1.807) is 11.3 Å². The Morgan fingerprint density at radius 2 is 2.00 bits per heavy atom. The summed E-state index contributed by atoms with van der Waals surface area (Å²) in [6.07, 6.45) is 4.44. The van der Waals surface area contributed by atoms with Gasteiger partial charge in [-0.1, -0.05) is 0 Å². The second-order valence-electron chi connectivity index (χ2n) is 8.07. The van der Waals surface area contributed by atoms with Crippen molar-refractivity contribution < 1.29 is 4.79 Å². The Bertz CT molecular complexity index is 1040. The highest BCUT2D eigenvalue weighted by atomic mass is 32.1. The molecule has 4 heterocycles. The maximum atomic E-state index is 12.3. The van der Waals surface area contributed by atoms with Gasteiger partial charge in [-0.05, 0) is 37.8 Å². The zero-order valence-corrected chi connectivity index (χ0v) is 17.7. The van der Waals surface area contributed by atoms with Crippen molar-refractivity contribution in [1.82, 2.24) is 25.1 Å². The Morgan fingerprint density at radius 1 is 1.17 bits per heavy atom. The molecular formula is C21H26N6OS. The van der Waals surface area contributed by atoms with Gasteiger partial charge in [0.15, 0.2) is 10.9 Å². The summed E-state index contributed by atoms with van der Waals surface area (Å²) in [7, 11) is 0. The molecule has 0 bridgehead atoms. The highest BCUT2D eigenvalue weighted by molar-refractivity contribution is 7.14. The van der Waals surface area contributed by atoms with Gasteiger partial charge >= 0.3 is 0 Å². The highest BCUT2D eigenvalue weighted by Crippen LogP contribution is 2.35. The number of aromatic amines is 2. The molecule has 0 unspecified atom stereocenters. The summed E-state index contributed by atoms with van der Waals surface area (Å²) in [5, 5.41) is 10.4. The summed E-state index contributed by atoms with van der Waals surface area (Å²) in [4.78, 5) is 25.5. The van der Waals surface area contributed by atoms with Crippen molar-refractivity contribution in [3.05, 3.63) is 39.7 Å². The molecule has 1 aliphatic heterocycles. The average molecular weight is 411 g/mol. The first-order valence-electron chi connectivity index (χ1n) is 10.3. The van der Waals surface area contributed by atoms with Gasteiger partial charge in [0.05, 0.1) is 17.6 Å². The fourth-order valence-electron chi connectivity index (χ4n) is 4.45. The predicted molar refractivity (Wildman–Crippen MR) is 115 cm³/mol. The maximum absolute atomic E-state index is 12.3. The summed E-state index contributed by atoms with van der Waals surface area (Å²) in [5.41, 5.74) is 7.49. The van der Waals surface area contributed by atoms with Crippen LogP contribution in [0.2, 0.25) is 0 Å². The van der Waals surface area contributed by atoms with Gasteiger partial charge in [-0.2, -0.15) is 5.10 Å². The number of piperazine rings is 1. The lowest BCUT2D eigenvalue weighted by Crippen LogP contribution is -2.46. The van der Waals surface area contributed by atoms with Crippen LogP contribution < -0.4 is 4.90 Å². The Labute approximate surface area is 174 Å². The van der Waals surface area contributed by atoms with Crippen LogP contribution in [-0.2, 0) is 13.0 Å². The Hall–Kier alpha value is -2.45. The van der Waals surface area contributed by atoms with Gasteiger partial charge in [0.1, 0.15) is 5.69 Å². The van der Waals surface area contributed by atoms with Gasteiger partial charge in [-0.25, -0.2) is 4.98 Å². The van der Waals surface area contributed by atoms with E-state index in [1.807, 2.05) is 13.1 Å². The molecule has 0 amide bonds. The van der Waals surface area contributed by atoms with Crippen LogP contribution >= 0.6 is 11.3 Å². The van der Waals surface area contributed by atoms with Crippen LogP contribution in [0.5, 0.6) is 0 Å². The number of hydrogen-bond acceptors (Lipinski definition) is 6. The molecule has 1 fully saturated rings. The molecule has 0 radical (unpaired) electrons. The number of Topliss-reactive ketones (excluding diaryl/α,β-unsaturated/α-hetero) is 1. The molecule has 8 heteroatoms. The number of carbonyl (C=O) groups is 1. The standard InChI is InChI=1S/C21H26N6OS/c1-13-10-22-25-16(13)11-26-6-8-27(9-7-26)21-24-17(12-29-21)20-15-4-3-5-18(28)19(15)14(2)23-20/h10,12,23H,3-9,11H2,1-2H3,(H,22,25). The van der Waals surface area contributed by atoms with E-state index in [9.17, 15) is 4.79 Å². The lowest BCUT2D eigenvalue weighted by atomic mass is 9.91. The molecule has 1 saturated heterocycles. The molecule has 3 aromatic rings. The molecular weight excluding hydrogens is 384 g/mol. The summed E-state index contributed by atoms with van der Waals surface area (Å²) < 4.78 is 0. The minimum absolute atomic E-state index is 0.269. The molecule has 152 valence electrons. The number of aromatic nitrogens is 4. The minimum atomic E-state index is 0.269. The van der Waals surface area contributed by atoms with Crippen LogP contribution in [0.1, 0.15) is 45.7 Å². The highest BCUT2D eigenvalue weighted by Gasteiger charge is 2.27. The largest absolute Gasteiger partial charge is 0.356 e. The van der Waals surface area contributed by atoms with Crippen molar-refractivity contribution >= 4 is 22.3 Å². The number of aryl methyl sites for hydroxylation is 2. The molecule has 0 atom stereocenters. The first-order chi connectivity index (χ1) is 14.1. The summed E-state index contributed by atoms with van der Waals surface area (Å²) in [5.74, 6) is 0.269. The number of rotatable bonds is 4. The number of nitrogens with zero attached hydrogens (tertiary/aromatic N) is 4. The number of carbonyl (C=O) groups excluding carboxylic acids is 1. The van der Waals surface area contributed by atoms with Crippen molar-refractivity contribution in [2.24, 2.45) is 0 Å². The molecule has 29 heavy (non-hydrogen) atoms. The number of H-pyrrole nitrogens is 2. The normalized spacial score (nSPS) is 17.7. The molecule has 0 saturated carbocycles. The SMILES string of the molecule is Cc1cn[nH]c1CN1CCN(c2nc(-c3[nH]c(C)c4c3CCCC4=O)cs2)CC1. The van der Waals surface area contributed by atoms with Crippen molar-refractivity contribution in [2.45, 2.75) is 39.7 Å². The van der Waals surface area contributed by atoms with Crippen LogP contribution in [0.4, 0.5) is 5.13 Å². The monoisotopic (exact) mass is 410 g/mol. The van der Waals surface area contributed by atoms with Crippen LogP contribution in [0.15, 0.2) is 11.6 Å². The third-order valence-electron chi connectivity index (χ3n) is 6.11. The van der Waals surface area contributed by atoms with E-state index < -0.39 is 0 Å². The number of anilines is 1. The molecule has 0 spiro atoms. The lowest BCUT2D eigenvalue weighted by molar-refractivity contribution is 0.0972. The number of fused-ring (bicyclic) bond motifs is 1. The molecule has 0 aromatic carbocycles. The van der Waals surface area contributed by atoms with E-state index in [1.165, 1.54) is 11.3 Å². The fraction of sp³-hybridized carbons (Fsp3) is 0.476. The van der Waals surface area contributed by atoms with E-state index in [0.29, 0.717) is 6.42 Å². The third-order valence-corrected chi connectivity index (χ3v) is 7.01. The summed E-state index contributed by atoms with van der Waals surface area (Å²) in [6, 6.07) is 0.